The van der Waals surface area contributed by atoms with E-state index < -0.39 is 18.0 Å². The highest BCUT2D eigenvalue weighted by atomic mass is 16.5. The Bertz CT molecular complexity index is 377. The molecule has 0 aliphatic rings. The summed E-state index contributed by atoms with van der Waals surface area (Å²) in [4.78, 5) is 21.6. The van der Waals surface area contributed by atoms with Crippen LogP contribution in [0.2, 0.25) is 0 Å². The molecule has 1 aromatic carbocycles. The molecule has 17 heavy (non-hydrogen) atoms. The first-order valence-corrected chi connectivity index (χ1v) is 5.27. The topological polar surface area (TPSA) is 89.6 Å². The molecule has 1 atom stereocenters. The highest BCUT2D eigenvalue weighted by Crippen LogP contribution is 2.03. The summed E-state index contributed by atoms with van der Waals surface area (Å²) in [7, 11) is 0. The fraction of sp³-hybridized carbons (Fsp3) is 0.333. The van der Waals surface area contributed by atoms with Crippen LogP contribution in [0, 0.1) is 0 Å². The third-order valence-electron chi connectivity index (χ3n) is 2.16. The molecule has 92 valence electrons. The van der Waals surface area contributed by atoms with Crippen molar-refractivity contribution in [3.8, 4) is 0 Å². The molecule has 0 saturated heterocycles. The van der Waals surface area contributed by atoms with E-state index in [2.05, 4.69) is 0 Å². The summed E-state index contributed by atoms with van der Waals surface area (Å²) in [5.74, 6) is -1.58. The first-order chi connectivity index (χ1) is 8.09. The average molecular weight is 237 g/mol. The molecule has 1 rings (SSSR count). The van der Waals surface area contributed by atoms with Crippen molar-refractivity contribution in [1.29, 1.82) is 0 Å². The number of hydrogen-bond acceptors (Lipinski definition) is 4. The van der Waals surface area contributed by atoms with Crippen LogP contribution in [0.25, 0.3) is 0 Å². The number of carboxylic acids is 1. The average Bonchev–Trinajstić information content (AvgIpc) is 2.29. The van der Waals surface area contributed by atoms with E-state index in [4.69, 9.17) is 15.6 Å². The summed E-state index contributed by atoms with van der Waals surface area (Å²) in [5.41, 5.74) is 6.58. The highest BCUT2D eigenvalue weighted by Gasteiger charge is 2.15. The maximum atomic E-state index is 11.4. The monoisotopic (exact) mass is 237 g/mol. The van der Waals surface area contributed by atoms with Gasteiger partial charge in [0.2, 0.25) is 0 Å². The number of hydrogen-bond donors (Lipinski definition) is 2. The predicted octanol–water partition coefficient (Wildman–Crippen LogP) is 0.574. The molecule has 0 unspecified atom stereocenters. The van der Waals surface area contributed by atoms with E-state index in [1.54, 1.807) is 0 Å². The second kappa shape index (κ2) is 6.65. The van der Waals surface area contributed by atoms with Gasteiger partial charge in [0.05, 0.1) is 6.42 Å². The van der Waals surface area contributed by atoms with Crippen molar-refractivity contribution in [3.63, 3.8) is 0 Å². The van der Waals surface area contributed by atoms with Crippen molar-refractivity contribution >= 4 is 11.9 Å². The second-order valence-corrected chi connectivity index (χ2v) is 3.61. The summed E-state index contributed by atoms with van der Waals surface area (Å²) in [6, 6.07) is 8.57. The van der Waals surface area contributed by atoms with E-state index in [1.807, 2.05) is 30.3 Å². The van der Waals surface area contributed by atoms with Crippen molar-refractivity contribution < 1.29 is 19.4 Å². The highest BCUT2D eigenvalue weighted by molar-refractivity contribution is 5.76. The van der Waals surface area contributed by atoms with Crippen LogP contribution >= 0.6 is 0 Å². The van der Waals surface area contributed by atoms with Crippen LogP contribution in [0.4, 0.5) is 0 Å². The lowest BCUT2D eigenvalue weighted by molar-refractivity contribution is -0.147. The Morgan fingerprint density at radius 1 is 1.29 bits per heavy atom. The minimum Gasteiger partial charge on any atom is -0.481 e. The standard InChI is InChI=1S/C12H15NO4/c13-10(8-9-4-2-1-3-5-9)12(16)17-7-6-11(14)15/h1-5,10H,6-8,13H2,(H,14,15)/t10-/m0/s1. The molecule has 0 aliphatic carbocycles. The summed E-state index contributed by atoms with van der Waals surface area (Å²) < 4.78 is 4.74. The van der Waals surface area contributed by atoms with Crippen LogP contribution in [0.1, 0.15) is 12.0 Å². The van der Waals surface area contributed by atoms with Crippen molar-refractivity contribution in [2.75, 3.05) is 6.61 Å². The zero-order valence-corrected chi connectivity index (χ0v) is 9.33. The Labute approximate surface area is 99.2 Å². The Balaban J connectivity index is 2.34. The maximum absolute atomic E-state index is 11.4. The molecular weight excluding hydrogens is 222 g/mol. The number of ether oxygens (including phenoxy) is 1. The lowest BCUT2D eigenvalue weighted by Gasteiger charge is -2.10. The number of benzene rings is 1. The lowest BCUT2D eigenvalue weighted by Crippen LogP contribution is -2.34. The van der Waals surface area contributed by atoms with Crippen LogP contribution in [0.5, 0.6) is 0 Å². The third kappa shape index (κ3) is 5.12. The Morgan fingerprint density at radius 3 is 2.53 bits per heavy atom. The molecule has 0 saturated carbocycles. The molecule has 0 radical (unpaired) electrons. The second-order valence-electron chi connectivity index (χ2n) is 3.61. The molecule has 0 amide bonds. The molecule has 0 aromatic heterocycles. The molecule has 1 aromatic rings. The van der Waals surface area contributed by atoms with Gasteiger partial charge in [0.15, 0.2) is 0 Å². The number of nitrogens with two attached hydrogens (primary N) is 1. The third-order valence-corrected chi connectivity index (χ3v) is 2.16. The van der Waals surface area contributed by atoms with E-state index >= 15 is 0 Å². The van der Waals surface area contributed by atoms with Gasteiger partial charge in [-0.25, -0.2) is 0 Å². The zero-order valence-electron chi connectivity index (χ0n) is 9.33. The smallest absolute Gasteiger partial charge is 0.323 e. The van der Waals surface area contributed by atoms with Gasteiger partial charge in [-0.3, -0.25) is 9.59 Å². The Hall–Kier alpha value is -1.88. The van der Waals surface area contributed by atoms with Crippen LogP contribution in [-0.4, -0.2) is 29.7 Å². The van der Waals surface area contributed by atoms with E-state index in [1.165, 1.54) is 0 Å². The quantitative estimate of drug-likeness (QED) is 0.706. The minimum absolute atomic E-state index is 0.142. The minimum atomic E-state index is -1.01. The van der Waals surface area contributed by atoms with Gasteiger partial charge in [-0.15, -0.1) is 0 Å². The van der Waals surface area contributed by atoms with E-state index in [0.29, 0.717) is 6.42 Å². The molecule has 0 aliphatic heterocycles. The number of carbonyl (C=O) groups excluding carboxylic acids is 1. The van der Waals surface area contributed by atoms with Crippen molar-refractivity contribution in [3.05, 3.63) is 35.9 Å². The summed E-state index contributed by atoms with van der Waals surface area (Å²) in [6.07, 6.45) is 0.177. The lowest BCUT2D eigenvalue weighted by atomic mass is 10.1. The Kier molecular flexibility index (Phi) is 5.16. The predicted molar refractivity (Wildman–Crippen MR) is 61.3 cm³/mol. The summed E-state index contributed by atoms with van der Waals surface area (Å²) in [6.45, 7) is -0.142. The normalized spacial score (nSPS) is 11.8. The van der Waals surface area contributed by atoms with Gasteiger partial charge in [0.25, 0.3) is 0 Å². The van der Waals surface area contributed by atoms with E-state index in [0.717, 1.165) is 5.56 Å². The number of esters is 1. The molecule has 0 heterocycles. The molecule has 5 nitrogen and oxygen atoms in total. The van der Waals surface area contributed by atoms with Crippen LogP contribution in [0.3, 0.4) is 0 Å². The first-order valence-electron chi connectivity index (χ1n) is 5.27. The fourth-order valence-corrected chi connectivity index (χ4v) is 1.30. The number of carbonyl (C=O) groups is 2. The van der Waals surface area contributed by atoms with Crippen LogP contribution in [0.15, 0.2) is 30.3 Å². The molecular formula is C12H15NO4. The van der Waals surface area contributed by atoms with Gasteiger partial charge < -0.3 is 15.6 Å². The summed E-state index contributed by atoms with van der Waals surface area (Å²) in [5, 5.41) is 8.38. The van der Waals surface area contributed by atoms with Gasteiger partial charge in [-0.1, -0.05) is 30.3 Å². The van der Waals surface area contributed by atoms with Gasteiger partial charge >= 0.3 is 11.9 Å². The van der Waals surface area contributed by atoms with Crippen molar-refractivity contribution in [2.45, 2.75) is 18.9 Å². The van der Waals surface area contributed by atoms with Gasteiger partial charge in [0.1, 0.15) is 12.6 Å². The molecule has 0 spiro atoms. The van der Waals surface area contributed by atoms with Crippen molar-refractivity contribution in [1.82, 2.24) is 0 Å². The SMILES string of the molecule is N[C@@H](Cc1ccccc1)C(=O)OCCC(=O)O. The van der Waals surface area contributed by atoms with Crippen LogP contribution < -0.4 is 5.73 Å². The number of rotatable bonds is 6. The maximum Gasteiger partial charge on any atom is 0.323 e. The first kappa shape index (κ1) is 13.2. The van der Waals surface area contributed by atoms with E-state index in [9.17, 15) is 9.59 Å². The van der Waals surface area contributed by atoms with Crippen molar-refractivity contribution in [2.24, 2.45) is 5.73 Å². The van der Waals surface area contributed by atoms with Gasteiger partial charge in [0, 0.05) is 0 Å². The number of aliphatic carboxylic acids is 1. The fourth-order valence-electron chi connectivity index (χ4n) is 1.30. The summed E-state index contributed by atoms with van der Waals surface area (Å²) >= 11 is 0. The molecule has 5 heteroatoms. The van der Waals surface area contributed by atoms with E-state index in [-0.39, 0.29) is 13.0 Å². The number of carboxylic acid groups (broad SMARTS) is 1. The zero-order chi connectivity index (χ0) is 12.7. The Morgan fingerprint density at radius 2 is 1.94 bits per heavy atom. The largest absolute Gasteiger partial charge is 0.481 e. The molecule has 0 fully saturated rings. The van der Waals surface area contributed by atoms with Gasteiger partial charge in [-0.2, -0.15) is 0 Å². The molecule has 0 bridgehead atoms. The van der Waals surface area contributed by atoms with Gasteiger partial charge in [-0.05, 0) is 12.0 Å². The van der Waals surface area contributed by atoms with Crippen LogP contribution in [-0.2, 0) is 20.7 Å². The molecule has 3 N–H and O–H groups in total.